The van der Waals surface area contributed by atoms with Crippen LogP contribution in [0.3, 0.4) is 0 Å². The third kappa shape index (κ3) is 4.28. The molecule has 0 saturated carbocycles. The molecule has 1 aliphatic rings. The van der Waals surface area contributed by atoms with Gasteiger partial charge in [0.1, 0.15) is 0 Å². The SMILES string of the molecule is NC(=O)C1CCCN(Sc2cc(Cl)ccc2C(F)(F)F)C1. The fraction of sp³-hybridized carbons (Fsp3) is 0.462. The highest BCUT2D eigenvalue weighted by molar-refractivity contribution is 7.97. The lowest BCUT2D eigenvalue weighted by Gasteiger charge is -2.30. The molecular formula is C13H14ClF3N2OS. The average molecular weight is 339 g/mol. The van der Waals surface area contributed by atoms with Crippen molar-refractivity contribution in [2.45, 2.75) is 23.9 Å². The van der Waals surface area contributed by atoms with Gasteiger partial charge in [0, 0.05) is 23.0 Å². The monoisotopic (exact) mass is 338 g/mol. The van der Waals surface area contributed by atoms with Crippen LogP contribution in [0.4, 0.5) is 13.2 Å². The molecule has 1 amide bonds. The number of carbonyl (C=O) groups excluding carboxylic acids is 1. The maximum absolute atomic E-state index is 13.0. The Kier molecular flexibility index (Phi) is 5.06. The first-order valence-electron chi connectivity index (χ1n) is 6.36. The summed E-state index contributed by atoms with van der Waals surface area (Å²) in [6, 6.07) is 3.49. The van der Waals surface area contributed by atoms with Crippen molar-refractivity contribution in [1.29, 1.82) is 0 Å². The van der Waals surface area contributed by atoms with Crippen LogP contribution in [0.25, 0.3) is 0 Å². The van der Waals surface area contributed by atoms with Gasteiger partial charge in [0.15, 0.2) is 0 Å². The number of hydrogen-bond donors (Lipinski definition) is 1. The second-order valence-corrected chi connectivity index (χ2v) is 6.43. The van der Waals surface area contributed by atoms with Crippen molar-refractivity contribution >= 4 is 29.5 Å². The van der Waals surface area contributed by atoms with Crippen LogP contribution < -0.4 is 5.73 Å². The van der Waals surface area contributed by atoms with E-state index < -0.39 is 17.6 Å². The van der Waals surface area contributed by atoms with Crippen molar-refractivity contribution < 1.29 is 18.0 Å². The summed E-state index contributed by atoms with van der Waals surface area (Å²) in [6.07, 6.45) is -3.04. The number of benzene rings is 1. The summed E-state index contributed by atoms with van der Waals surface area (Å²) in [6.45, 7) is 0.960. The van der Waals surface area contributed by atoms with Crippen molar-refractivity contribution in [2.75, 3.05) is 13.1 Å². The summed E-state index contributed by atoms with van der Waals surface area (Å²) in [5, 5.41) is 0.244. The minimum Gasteiger partial charge on any atom is -0.369 e. The van der Waals surface area contributed by atoms with E-state index in [1.807, 2.05) is 0 Å². The number of primary amides is 1. The number of nitrogens with two attached hydrogens (primary N) is 1. The Bertz CT molecular complexity index is 539. The number of amides is 1. The molecule has 2 N–H and O–H groups in total. The molecular weight excluding hydrogens is 325 g/mol. The van der Waals surface area contributed by atoms with Gasteiger partial charge in [-0.25, -0.2) is 4.31 Å². The number of rotatable bonds is 3. The van der Waals surface area contributed by atoms with Crippen molar-refractivity contribution in [1.82, 2.24) is 4.31 Å². The zero-order valence-electron chi connectivity index (χ0n) is 11.0. The van der Waals surface area contributed by atoms with Crippen LogP contribution in [0, 0.1) is 5.92 Å². The molecule has 0 spiro atoms. The number of piperidine rings is 1. The fourth-order valence-corrected chi connectivity index (χ4v) is 3.65. The largest absolute Gasteiger partial charge is 0.417 e. The smallest absolute Gasteiger partial charge is 0.369 e. The highest BCUT2D eigenvalue weighted by Gasteiger charge is 2.35. The topological polar surface area (TPSA) is 46.3 Å². The normalized spacial score (nSPS) is 20.5. The first-order chi connectivity index (χ1) is 9.77. The quantitative estimate of drug-likeness (QED) is 0.857. The van der Waals surface area contributed by atoms with Crippen molar-refractivity contribution in [3.8, 4) is 0 Å². The second-order valence-electron chi connectivity index (χ2n) is 4.86. The minimum absolute atomic E-state index is 0.0418. The van der Waals surface area contributed by atoms with E-state index in [2.05, 4.69) is 0 Å². The predicted octanol–water partition coefficient (Wildman–Crippen LogP) is 3.56. The van der Waals surface area contributed by atoms with E-state index in [1.54, 1.807) is 4.31 Å². The first kappa shape index (κ1) is 16.5. The van der Waals surface area contributed by atoms with Gasteiger partial charge in [0.2, 0.25) is 5.91 Å². The van der Waals surface area contributed by atoms with Gasteiger partial charge in [-0.2, -0.15) is 13.2 Å². The van der Waals surface area contributed by atoms with Crippen LogP contribution in [-0.2, 0) is 11.0 Å². The number of alkyl halides is 3. The molecule has 21 heavy (non-hydrogen) atoms. The molecule has 1 aromatic rings. The van der Waals surface area contributed by atoms with Crippen LogP contribution in [-0.4, -0.2) is 23.3 Å². The van der Waals surface area contributed by atoms with Crippen LogP contribution in [0.1, 0.15) is 18.4 Å². The molecule has 116 valence electrons. The Morgan fingerprint density at radius 1 is 1.43 bits per heavy atom. The van der Waals surface area contributed by atoms with Gasteiger partial charge < -0.3 is 5.73 Å². The molecule has 1 aromatic carbocycles. The molecule has 1 saturated heterocycles. The Balaban J connectivity index is 2.19. The molecule has 3 nitrogen and oxygen atoms in total. The Labute approximate surface area is 129 Å². The summed E-state index contributed by atoms with van der Waals surface area (Å²) in [5.74, 6) is -0.734. The number of hydrogen-bond acceptors (Lipinski definition) is 3. The molecule has 0 bridgehead atoms. The van der Waals surface area contributed by atoms with Crippen molar-refractivity contribution in [2.24, 2.45) is 11.7 Å². The number of nitrogens with zero attached hydrogens (tertiary/aromatic N) is 1. The molecule has 1 atom stereocenters. The summed E-state index contributed by atoms with van der Waals surface area (Å²) in [4.78, 5) is 11.3. The third-order valence-corrected chi connectivity index (χ3v) is 4.62. The zero-order chi connectivity index (χ0) is 15.6. The molecule has 1 aliphatic heterocycles. The molecule has 8 heteroatoms. The van der Waals surface area contributed by atoms with E-state index in [0.717, 1.165) is 24.4 Å². The number of carbonyl (C=O) groups is 1. The van der Waals surface area contributed by atoms with Gasteiger partial charge in [-0.05, 0) is 43.0 Å². The fourth-order valence-electron chi connectivity index (χ4n) is 2.20. The molecule has 1 heterocycles. The molecule has 1 unspecified atom stereocenters. The summed E-state index contributed by atoms with van der Waals surface area (Å²) >= 11 is 6.76. The van der Waals surface area contributed by atoms with E-state index in [1.165, 1.54) is 12.1 Å². The lowest BCUT2D eigenvalue weighted by atomic mass is 9.99. The van der Waals surface area contributed by atoms with E-state index in [9.17, 15) is 18.0 Å². The standard InChI is InChI=1S/C13H14ClF3N2OS/c14-9-3-4-10(13(15,16)17)11(6-9)21-19-5-1-2-8(7-19)12(18)20/h3-4,6,8H,1-2,5,7H2,(H2,18,20). The Hall–Kier alpha value is -0.920. The van der Waals surface area contributed by atoms with Gasteiger partial charge in [0.05, 0.1) is 11.5 Å². The highest BCUT2D eigenvalue weighted by atomic mass is 35.5. The van der Waals surface area contributed by atoms with E-state index >= 15 is 0 Å². The summed E-state index contributed by atoms with van der Waals surface area (Å²) in [7, 11) is 0. The molecule has 0 radical (unpaired) electrons. The van der Waals surface area contributed by atoms with E-state index in [4.69, 9.17) is 17.3 Å². The second kappa shape index (κ2) is 6.46. The van der Waals surface area contributed by atoms with E-state index in [0.29, 0.717) is 19.5 Å². The minimum atomic E-state index is -4.44. The third-order valence-electron chi connectivity index (χ3n) is 3.26. The van der Waals surface area contributed by atoms with Crippen molar-refractivity contribution in [3.63, 3.8) is 0 Å². The van der Waals surface area contributed by atoms with Crippen molar-refractivity contribution in [3.05, 3.63) is 28.8 Å². The van der Waals surface area contributed by atoms with Gasteiger partial charge >= 0.3 is 6.18 Å². The highest BCUT2D eigenvalue weighted by Crippen LogP contribution is 2.40. The summed E-state index contributed by atoms with van der Waals surface area (Å²) in [5.41, 5.74) is 4.55. The Morgan fingerprint density at radius 2 is 2.14 bits per heavy atom. The zero-order valence-corrected chi connectivity index (χ0v) is 12.6. The van der Waals surface area contributed by atoms with Crippen LogP contribution >= 0.6 is 23.5 Å². The summed E-state index contributed by atoms with van der Waals surface area (Å²) < 4.78 is 40.7. The molecule has 0 aliphatic carbocycles. The van der Waals surface area contributed by atoms with E-state index in [-0.39, 0.29) is 15.8 Å². The van der Waals surface area contributed by atoms with Gasteiger partial charge in [-0.15, -0.1) is 0 Å². The lowest BCUT2D eigenvalue weighted by Crippen LogP contribution is -2.37. The maximum atomic E-state index is 13.0. The number of halogens is 4. The van der Waals surface area contributed by atoms with Gasteiger partial charge in [-0.1, -0.05) is 11.6 Å². The molecule has 0 aromatic heterocycles. The lowest BCUT2D eigenvalue weighted by molar-refractivity contribution is -0.139. The van der Waals surface area contributed by atoms with Crippen LogP contribution in [0.5, 0.6) is 0 Å². The predicted molar refractivity (Wildman–Crippen MR) is 75.8 cm³/mol. The maximum Gasteiger partial charge on any atom is 0.417 e. The Morgan fingerprint density at radius 3 is 2.76 bits per heavy atom. The average Bonchev–Trinajstić information content (AvgIpc) is 2.37. The van der Waals surface area contributed by atoms with Gasteiger partial charge in [-0.3, -0.25) is 4.79 Å². The molecule has 1 fully saturated rings. The van der Waals surface area contributed by atoms with Gasteiger partial charge in [0.25, 0.3) is 0 Å². The molecule has 2 rings (SSSR count). The van der Waals surface area contributed by atoms with Crippen LogP contribution in [0.2, 0.25) is 5.02 Å². The van der Waals surface area contributed by atoms with Crippen LogP contribution in [0.15, 0.2) is 23.1 Å². The first-order valence-corrected chi connectivity index (χ1v) is 7.51.